The van der Waals surface area contributed by atoms with Crippen molar-refractivity contribution >= 4 is 40.0 Å². The van der Waals surface area contributed by atoms with Crippen molar-refractivity contribution < 1.29 is 9.53 Å². The lowest BCUT2D eigenvalue weighted by molar-refractivity contribution is -0.118. The average molecular weight is 377 g/mol. The number of halogens is 2. The van der Waals surface area contributed by atoms with Gasteiger partial charge in [-0.1, -0.05) is 23.2 Å². The Morgan fingerprint density at radius 2 is 1.88 bits per heavy atom. The number of rotatable bonds is 5. The van der Waals surface area contributed by atoms with Gasteiger partial charge in [0.25, 0.3) is 0 Å². The third-order valence-electron chi connectivity index (χ3n) is 4.01. The maximum absolute atomic E-state index is 11.2. The van der Waals surface area contributed by atoms with Gasteiger partial charge in [-0.2, -0.15) is 0 Å². The molecule has 1 aromatic heterocycles. The Labute approximate surface area is 156 Å². The number of aromatic nitrogens is 1. The van der Waals surface area contributed by atoms with E-state index in [1.807, 2.05) is 30.3 Å². The molecule has 0 saturated carbocycles. The van der Waals surface area contributed by atoms with Crippen molar-refractivity contribution in [3.63, 3.8) is 0 Å². The Morgan fingerprint density at radius 3 is 2.52 bits per heavy atom. The number of carbonyl (C=O) groups is 1. The fourth-order valence-electron chi connectivity index (χ4n) is 2.92. The summed E-state index contributed by atoms with van der Waals surface area (Å²) in [5, 5.41) is 5.05. The predicted octanol–water partition coefficient (Wildman–Crippen LogP) is 4.83. The van der Waals surface area contributed by atoms with E-state index in [4.69, 9.17) is 27.9 Å². The van der Waals surface area contributed by atoms with Crippen LogP contribution in [0.15, 0.2) is 36.4 Å². The van der Waals surface area contributed by atoms with Crippen LogP contribution in [0.1, 0.15) is 12.5 Å². The summed E-state index contributed by atoms with van der Waals surface area (Å²) >= 11 is 12.3. The standard InChI is InChI=1S/C19H18Cl2N2O2/c1-11(24)22-6-5-16-17-10-15(25-2)3-4-18(17)23-19(16)12-7-13(20)9-14(21)8-12/h3-4,7-10,23H,5-6H2,1-2H3,(H,22,24). The van der Waals surface area contributed by atoms with Crippen molar-refractivity contribution in [2.24, 2.45) is 0 Å². The van der Waals surface area contributed by atoms with Crippen LogP contribution < -0.4 is 10.1 Å². The summed E-state index contributed by atoms with van der Waals surface area (Å²) in [4.78, 5) is 14.6. The lowest BCUT2D eigenvalue weighted by Gasteiger charge is -2.08. The molecule has 2 N–H and O–H groups in total. The molecular weight excluding hydrogens is 359 g/mol. The minimum Gasteiger partial charge on any atom is -0.497 e. The maximum atomic E-state index is 11.2. The van der Waals surface area contributed by atoms with E-state index in [9.17, 15) is 4.79 Å². The van der Waals surface area contributed by atoms with Gasteiger partial charge in [-0.05, 0) is 48.4 Å². The number of H-pyrrole nitrogens is 1. The number of methoxy groups -OCH3 is 1. The zero-order chi connectivity index (χ0) is 18.0. The van der Waals surface area contributed by atoms with E-state index in [2.05, 4.69) is 10.3 Å². The minimum absolute atomic E-state index is 0.0511. The molecule has 0 aliphatic rings. The van der Waals surface area contributed by atoms with Crippen LogP contribution in [0.3, 0.4) is 0 Å². The summed E-state index contributed by atoms with van der Waals surface area (Å²) in [6.07, 6.45) is 0.673. The van der Waals surface area contributed by atoms with Gasteiger partial charge in [-0.25, -0.2) is 0 Å². The highest BCUT2D eigenvalue weighted by Gasteiger charge is 2.15. The van der Waals surface area contributed by atoms with Gasteiger partial charge in [0.15, 0.2) is 0 Å². The highest BCUT2D eigenvalue weighted by molar-refractivity contribution is 6.35. The summed E-state index contributed by atoms with van der Waals surface area (Å²) in [5.74, 6) is 0.729. The van der Waals surface area contributed by atoms with Crippen molar-refractivity contribution in [1.82, 2.24) is 10.3 Å². The van der Waals surface area contributed by atoms with E-state index >= 15 is 0 Å². The number of fused-ring (bicyclic) bond motifs is 1. The van der Waals surface area contributed by atoms with Crippen molar-refractivity contribution in [2.75, 3.05) is 13.7 Å². The molecule has 0 bridgehead atoms. The van der Waals surface area contributed by atoms with Gasteiger partial charge in [-0.15, -0.1) is 0 Å². The number of carbonyl (C=O) groups excluding carboxylic acids is 1. The lowest BCUT2D eigenvalue weighted by Crippen LogP contribution is -2.22. The largest absolute Gasteiger partial charge is 0.497 e. The van der Waals surface area contributed by atoms with E-state index in [0.29, 0.717) is 23.0 Å². The predicted molar refractivity (Wildman–Crippen MR) is 103 cm³/mol. The molecule has 0 spiro atoms. The Kier molecular flexibility index (Phi) is 5.21. The van der Waals surface area contributed by atoms with E-state index in [-0.39, 0.29) is 5.91 Å². The molecule has 2 aromatic carbocycles. The van der Waals surface area contributed by atoms with Gasteiger partial charge in [0.05, 0.1) is 7.11 Å². The number of ether oxygens (including phenoxy) is 1. The molecule has 0 radical (unpaired) electrons. The molecular formula is C19H18Cl2N2O2. The summed E-state index contributed by atoms with van der Waals surface area (Å²) in [6.45, 7) is 2.05. The fraction of sp³-hybridized carbons (Fsp3) is 0.211. The molecule has 4 nitrogen and oxygen atoms in total. The third kappa shape index (κ3) is 3.91. The first-order valence-electron chi connectivity index (χ1n) is 7.87. The first kappa shape index (κ1) is 17.6. The highest BCUT2D eigenvalue weighted by Crippen LogP contribution is 2.35. The van der Waals surface area contributed by atoms with Gasteiger partial charge in [-0.3, -0.25) is 4.79 Å². The molecule has 1 amide bonds. The van der Waals surface area contributed by atoms with E-state index < -0.39 is 0 Å². The van der Waals surface area contributed by atoms with Crippen LogP contribution in [-0.2, 0) is 11.2 Å². The Hall–Kier alpha value is -2.17. The van der Waals surface area contributed by atoms with Crippen LogP contribution >= 0.6 is 23.2 Å². The van der Waals surface area contributed by atoms with Crippen molar-refractivity contribution in [3.05, 3.63) is 52.0 Å². The Bertz CT molecular complexity index is 914. The summed E-state index contributed by atoms with van der Waals surface area (Å²) in [7, 11) is 1.64. The molecule has 25 heavy (non-hydrogen) atoms. The van der Waals surface area contributed by atoms with Crippen LogP contribution in [0, 0.1) is 0 Å². The highest BCUT2D eigenvalue weighted by atomic mass is 35.5. The normalized spacial score (nSPS) is 10.9. The second-order valence-corrected chi connectivity index (χ2v) is 6.65. The topological polar surface area (TPSA) is 54.1 Å². The summed E-state index contributed by atoms with van der Waals surface area (Å²) < 4.78 is 5.35. The van der Waals surface area contributed by atoms with Gasteiger partial charge < -0.3 is 15.0 Å². The van der Waals surface area contributed by atoms with Gasteiger partial charge in [0, 0.05) is 45.7 Å². The van der Waals surface area contributed by atoms with Gasteiger partial charge in [0.2, 0.25) is 5.91 Å². The number of aromatic amines is 1. The maximum Gasteiger partial charge on any atom is 0.216 e. The van der Waals surface area contributed by atoms with Crippen LogP contribution in [0.25, 0.3) is 22.2 Å². The second-order valence-electron chi connectivity index (χ2n) is 5.78. The SMILES string of the molecule is COc1ccc2[nH]c(-c3cc(Cl)cc(Cl)c3)c(CCNC(C)=O)c2c1. The molecule has 0 aliphatic heterocycles. The van der Waals surface area contributed by atoms with Gasteiger partial charge in [0.1, 0.15) is 5.75 Å². The monoisotopic (exact) mass is 376 g/mol. The molecule has 0 atom stereocenters. The van der Waals surface area contributed by atoms with Crippen molar-refractivity contribution in [3.8, 4) is 17.0 Å². The Morgan fingerprint density at radius 1 is 1.16 bits per heavy atom. The third-order valence-corrected chi connectivity index (χ3v) is 4.45. The molecule has 0 fully saturated rings. The molecule has 1 heterocycles. The van der Waals surface area contributed by atoms with Gasteiger partial charge >= 0.3 is 0 Å². The van der Waals surface area contributed by atoms with Crippen LogP contribution in [0.2, 0.25) is 10.0 Å². The molecule has 0 saturated heterocycles. The Balaban J connectivity index is 2.13. The van der Waals surface area contributed by atoms with Crippen molar-refractivity contribution in [1.29, 1.82) is 0 Å². The molecule has 3 aromatic rings. The fourth-order valence-corrected chi connectivity index (χ4v) is 3.45. The minimum atomic E-state index is -0.0511. The second kappa shape index (κ2) is 7.38. The average Bonchev–Trinajstić information content (AvgIpc) is 2.91. The van der Waals surface area contributed by atoms with Crippen LogP contribution in [0.4, 0.5) is 0 Å². The number of amides is 1. The van der Waals surface area contributed by atoms with Crippen LogP contribution in [0.5, 0.6) is 5.75 Å². The number of hydrogen-bond acceptors (Lipinski definition) is 2. The molecule has 3 rings (SSSR count). The molecule has 0 aliphatic carbocycles. The molecule has 6 heteroatoms. The number of hydrogen-bond donors (Lipinski definition) is 2. The summed E-state index contributed by atoms with van der Waals surface area (Å²) in [5.41, 5.74) is 3.93. The zero-order valence-electron chi connectivity index (χ0n) is 14.0. The first-order valence-corrected chi connectivity index (χ1v) is 8.63. The summed E-state index contributed by atoms with van der Waals surface area (Å²) in [6, 6.07) is 11.3. The smallest absolute Gasteiger partial charge is 0.216 e. The zero-order valence-corrected chi connectivity index (χ0v) is 15.5. The van der Waals surface area contributed by atoms with E-state index in [1.165, 1.54) is 6.92 Å². The molecule has 130 valence electrons. The van der Waals surface area contributed by atoms with Crippen LogP contribution in [-0.4, -0.2) is 24.5 Å². The first-order chi connectivity index (χ1) is 12.0. The molecule has 0 unspecified atom stereocenters. The number of benzene rings is 2. The number of nitrogens with one attached hydrogen (secondary N) is 2. The van der Waals surface area contributed by atoms with E-state index in [0.717, 1.165) is 33.5 Å². The van der Waals surface area contributed by atoms with Crippen molar-refractivity contribution in [2.45, 2.75) is 13.3 Å². The lowest BCUT2D eigenvalue weighted by atomic mass is 10.0. The van der Waals surface area contributed by atoms with E-state index in [1.54, 1.807) is 13.2 Å². The quantitative estimate of drug-likeness (QED) is 0.669.